The highest BCUT2D eigenvalue weighted by atomic mass is 16.5. The molecule has 0 spiro atoms. The molecule has 0 unspecified atom stereocenters. The average molecular weight is 1060 g/mol. The Morgan fingerprint density at radius 2 is 0.453 bits per heavy atom. The molecule has 0 aliphatic heterocycles. The Bertz CT molecular complexity index is 1100. The van der Waals surface area contributed by atoms with Crippen LogP contribution in [0.2, 0.25) is 0 Å². The second-order valence-electron chi connectivity index (χ2n) is 22.9. The van der Waals surface area contributed by atoms with E-state index in [1.165, 1.54) is 193 Å². The Labute approximate surface area is 467 Å². The molecule has 0 saturated heterocycles. The molecular weight excluding hydrogens is 933 g/mol. The van der Waals surface area contributed by atoms with Gasteiger partial charge in [0.15, 0.2) is 0 Å². The molecule has 0 aliphatic carbocycles. The van der Waals surface area contributed by atoms with Gasteiger partial charge in [0.2, 0.25) is 0 Å². The fourth-order valence-corrected chi connectivity index (χ4v) is 10.4. The van der Waals surface area contributed by atoms with Gasteiger partial charge in [-0.05, 0) is 103 Å². The number of aliphatic hydroxyl groups is 1. The van der Waals surface area contributed by atoms with E-state index in [1.807, 2.05) is 0 Å². The van der Waals surface area contributed by atoms with Crippen LogP contribution in [0.15, 0.2) is 0 Å². The topological polar surface area (TPSA) is 106 Å². The second kappa shape index (κ2) is 63.1. The molecule has 0 atom stereocenters. The Morgan fingerprint density at radius 3 is 0.693 bits per heavy atom. The fourth-order valence-electron chi connectivity index (χ4n) is 10.4. The van der Waals surface area contributed by atoms with Crippen LogP contribution in [0.5, 0.6) is 0 Å². The van der Waals surface area contributed by atoms with E-state index in [2.05, 4.69) is 30.6 Å². The van der Waals surface area contributed by atoms with Crippen molar-refractivity contribution in [2.45, 2.75) is 342 Å². The lowest BCUT2D eigenvalue weighted by molar-refractivity contribution is -0.144. The maximum atomic E-state index is 12.5. The van der Waals surface area contributed by atoms with E-state index in [4.69, 9.17) is 14.2 Å². The number of aliphatic hydroxyl groups excluding tert-OH is 1. The van der Waals surface area contributed by atoms with Crippen LogP contribution in [0.4, 0.5) is 0 Å². The monoisotopic (exact) mass is 1060 g/mol. The van der Waals surface area contributed by atoms with E-state index in [9.17, 15) is 19.5 Å². The van der Waals surface area contributed by atoms with E-state index in [0.29, 0.717) is 39.1 Å². The number of rotatable bonds is 64. The molecule has 0 aromatic carbocycles. The van der Waals surface area contributed by atoms with Crippen LogP contribution in [0, 0.1) is 0 Å². The first-order valence-electron chi connectivity index (χ1n) is 33.5. The van der Waals surface area contributed by atoms with E-state index in [1.54, 1.807) is 0 Å². The normalized spacial score (nSPS) is 11.6. The van der Waals surface area contributed by atoms with Crippen molar-refractivity contribution in [3.05, 3.63) is 0 Å². The van der Waals surface area contributed by atoms with Gasteiger partial charge in [-0.1, -0.05) is 252 Å². The summed E-state index contributed by atoms with van der Waals surface area (Å²) in [5.74, 6) is -0.142. The zero-order chi connectivity index (χ0) is 54.4. The summed E-state index contributed by atoms with van der Waals surface area (Å²) < 4.78 is 16.7. The van der Waals surface area contributed by atoms with Crippen molar-refractivity contribution < 1.29 is 33.7 Å². The molecule has 0 amide bonds. The van der Waals surface area contributed by atoms with Crippen molar-refractivity contribution in [3.63, 3.8) is 0 Å². The van der Waals surface area contributed by atoms with E-state index in [0.717, 1.165) is 148 Å². The number of nitrogens with zero attached hydrogens (tertiary/aromatic N) is 2. The van der Waals surface area contributed by atoms with Gasteiger partial charge in [-0.15, -0.1) is 0 Å². The molecule has 0 aromatic heterocycles. The largest absolute Gasteiger partial charge is 0.466 e. The van der Waals surface area contributed by atoms with Gasteiger partial charge in [0, 0.05) is 32.4 Å². The van der Waals surface area contributed by atoms with E-state index >= 15 is 0 Å². The SMILES string of the molecule is CCCCCCCCCCCCCCOC(=O)CCCCCN(CCCO)CCCN(CCCCCC(=O)OCCCCCCCCCCCCCC)CCCCCC(=O)OCCCCCCCCCCCCCC. The third-order valence-corrected chi connectivity index (χ3v) is 15.4. The molecule has 9 nitrogen and oxygen atoms in total. The van der Waals surface area contributed by atoms with Crippen LogP contribution in [-0.2, 0) is 28.6 Å². The molecule has 0 radical (unpaired) electrons. The van der Waals surface area contributed by atoms with Gasteiger partial charge in [-0.3, -0.25) is 14.4 Å². The Morgan fingerprint density at radius 1 is 0.253 bits per heavy atom. The number of esters is 3. The zero-order valence-electron chi connectivity index (χ0n) is 50.7. The van der Waals surface area contributed by atoms with Crippen LogP contribution >= 0.6 is 0 Å². The molecule has 446 valence electrons. The van der Waals surface area contributed by atoms with Crippen LogP contribution in [0.25, 0.3) is 0 Å². The Kier molecular flexibility index (Phi) is 61.7. The minimum Gasteiger partial charge on any atom is -0.466 e. The average Bonchev–Trinajstić information content (AvgIpc) is 3.41. The van der Waals surface area contributed by atoms with Gasteiger partial charge in [-0.2, -0.15) is 0 Å². The minimum atomic E-state index is -0.0507. The van der Waals surface area contributed by atoms with Crippen LogP contribution < -0.4 is 0 Å². The summed E-state index contributed by atoms with van der Waals surface area (Å²) in [7, 11) is 0. The first kappa shape index (κ1) is 73.3. The molecule has 0 fully saturated rings. The highest BCUT2D eigenvalue weighted by molar-refractivity contribution is 5.69. The van der Waals surface area contributed by atoms with Crippen LogP contribution in [0.1, 0.15) is 342 Å². The number of carbonyl (C=O) groups excluding carboxylic acids is 3. The summed E-state index contributed by atoms with van der Waals surface area (Å²) in [5.41, 5.74) is 0. The molecule has 0 bridgehead atoms. The van der Waals surface area contributed by atoms with Crippen molar-refractivity contribution in [3.8, 4) is 0 Å². The lowest BCUT2D eigenvalue weighted by atomic mass is 10.1. The number of carbonyl (C=O) groups is 3. The van der Waals surface area contributed by atoms with Crippen molar-refractivity contribution in [2.24, 2.45) is 0 Å². The van der Waals surface area contributed by atoms with Crippen molar-refractivity contribution >= 4 is 17.9 Å². The standard InChI is InChI=1S/C66H130N2O7/c1-4-7-10-13-16-19-22-25-28-31-34-46-61-73-64(70)51-40-37-43-54-67(55-44-38-41-52-65(71)74-62-47-35-32-29-26-23-20-17-14-11-8-5-2)57-49-58-68(59-50-60-69)56-45-39-42-53-66(72)75-63-48-36-33-30-27-24-21-18-15-12-9-6-3/h69H,4-63H2,1-3H3. The molecule has 0 aromatic rings. The number of ether oxygens (including phenoxy) is 3. The van der Waals surface area contributed by atoms with Crippen LogP contribution in [0.3, 0.4) is 0 Å². The quantitative estimate of drug-likeness (QED) is 0.0362. The number of hydrogen-bond acceptors (Lipinski definition) is 9. The highest BCUT2D eigenvalue weighted by Crippen LogP contribution is 2.16. The summed E-state index contributed by atoms with van der Waals surface area (Å²) in [6.45, 7) is 14.6. The van der Waals surface area contributed by atoms with Gasteiger partial charge in [0.05, 0.1) is 19.8 Å². The van der Waals surface area contributed by atoms with Gasteiger partial charge in [-0.25, -0.2) is 0 Å². The van der Waals surface area contributed by atoms with E-state index in [-0.39, 0.29) is 24.5 Å². The van der Waals surface area contributed by atoms with Crippen molar-refractivity contribution in [1.29, 1.82) is 0 Å². The molecule has 0 heterocycles. The minimum absolute atomic E-state index is 0.0459. The van der Waals surface area contributed by atoms with Gasteiger partial charge in [0.25, 0.3) is 0 Å². The summed E-state index contributed by atoms with van der Waals surface area (Å²) in [4.78, 5) is 42.5. The molecule has 0 saturated carbocycles. The summed E-state index contributed by atoms with van der Waals surface area (Å²) in [6.07, 6.45) is 59.1. The van der Waals surface area contributed by atoms with Crippen molar-refractivity contribution in [2.75, 3.05) is 65.7 Å². The lowest BCUT2D eigenvalue weighted by Gasteiger charge is -2.26. The predicted octanol–water partition coefficient (Wildman–Crippen LogP) is 18.8. The Hall–Kier alpha value is -1.71. The molecular formula is C66H130N2O7. The zero-order valence-corrected chi connectivity index (χ0v) is 50.7. The molecule has 9 heteroatoms. The molecule has 0 aliphatic rings. The van der Waals surface area contributed by atoms with Gasteiger partial charge in [0.1, 0.15) is 0 Å². The highest BCUT2D eigenvalue weighted by Gasteiger charge is 2.11. The van der Waals surface area contributed by atoms with Crippen molar-refractivity contribution in [1.82, 2.24) is 9.80 Å². The maximum absolute atomic E-state index is 12.5. The molecule has 75 heavy (non-hydrogen) atoms. The molecule has 0 rings (SSSR count). The number of hydrogen-bond donors (Lipinski definition) is 1. The smallest absolute Gasteiger partial charge is 0.305 e. The first-order chi connectivity index (χ1) is 37.0. The van der Waals surface area contributed by atoms with Crippen LogP contribution in [-0.4, -0.2) is 98.5 Å². The van der Waals surface area contributed by atoms with E-state index < -0.39 is 0 Å². The predicted molar refractivity (Wildman–Crippen MR) is 321 cm³/mol. The third kappa shape index (κ3) is 59.8. The molecule has 1 N–H and O–H groups in total. The summed E-state index contributed by atoms with van der Waals surface area (Å²) in [5, 5.41) is 9.65. The van der Waals surface area contributed by atoms with Gasteiger partial charge >= 0.3 is 17.9 Å². The first-order valence-corrected chi connectivity index (χ1v) is 33.5. The fraction of sp³-hybridized carbons (Fsp3) is 0.955. The number of unbranched alkanes of at least 4 members (excludes halogenated alkanes) is 39. The Balaban J connectivity index is 4.54. The lowest BCUT2D eigenvalue weighted by Crippen LogP contribution is -2.33. The van der Waals surface area contributed by atoms with Gasteiger partial charge < -0.3 is 29.1 Å². The summed E-state index contributed by atoms with van der Waals surface area (Å²) >= 11 is 0. The third-order valence-electron chi connectivity index (χ3n) is 15.4. The maximum Gasteiger partial charge on any atom is 0.305 e. The second-order valence-corrected chi connectivity index (χ2v) is 22.9. The summed E-state index contributed by atoms with van der Waals surface area (Å²) in [6, 6.07) is 0.